The van der Waals surface area contributed by atoms with E-state index in [1.807, 2.05) is 40.6 Å². The first-order valence-corrected chi connectivity index (χ1v) is 10.7. The largest absolute Gasteiger partial charge is 0.343 e. The zero-order valence-corrected chi connectivity index (χ0v) is 17.1. The number of aromatic nitrogens is 2. The minimum absolute atomic E-state index is 0.112. The molecule has 1 amide bonds. The Kier molecular flexibility index (Phi) is 5.00. The van der Waals surface area contributed by atoms with Crippen LogP contribution in [0.1, 0.15) is 10.4 Å². The van der Waals surface area contributed by atoms with Gasteiger partial charge in [-0.15, -0.1) is 21.5 Å². The van der Waals surface area contributed by atoms with Crippen molar-refractivity contribution in [2.24, 2.45) is 0 Å². The van der Waals surface area contributed by atoms with Gasteiger partial charge in [-0.05, 0) is 46.2 Å². The van der Waals surface area contributed by atoms with Crippen LogP contribution in [0.3, 0.4) is 0 Å². The number of nitrogens with zero attached hydrogens (tertiary/aromatic N) is 4. The monoisotopic (exact) mass is 482 g/mol. The molecule has 25 heavy (non-hydrogen) atoms. The third-order valence-corrected chi connectivity index (χ3v) is 7.05. The number of carbonyl (C=O) groups excluding carboxylic acids is 1. The van der Waals surface area contributed by atoms with Gasteiger partial charge in [-0.1, -0.05) is 29.5 Å². The molecule has 1 aliphatic heterocycles. The Morgan fingerprint density at radius 2 is 1.84 bits per heavy atom. The Morgan fingerprint density at radius 3 is 2.56 bits per heavy atom. The van der Waals surface area contributed by atoms with Crippen LogP contribution in [0.15, 0.2) is 41.8 Å². The Hall–Kier alpha value is -1.52. The summed E-state index contributed by atoms with van der Waals surface area (Å²) in [6.07, 6.45) is 0. The highest BCUT2D eigenvalue weighted by molar-refractivity contribution is 14.1. The highest BCUT2D eigenvalue weighted by Gasteiger charge is 2.25. The van der Waals surface area contributed by atoms with Crippen LogP contribution in [-0.4, -0.2) is 47.2 Å². The maximum absolute atomic E-state index is 12.7. The summed E-state index contributed by atoms with van der Waals surface area (Å²) >= 11 is 5.51. The molecule has 0 aliphatic carbocycles. The van der Waals surface area contributed by atoms with Gasteiger partial charge in [-0.3, -0.25) is 4.79 Å². The van der Waals surface area contributed by atoms with Crippen LogP contribution in [-0.2, 0) is 0 Å². The van der Waals surface area contributed by atoms with Gasteiger partial charge in [-0.2, -0.15) is 0 Å². The molecule has 1 fully saturated rings. The minimum Gasteiger partial charge on any atom is -0.343 e. The number of hydrogen-bond acceptors (Lipinski definition) is 6. The van der Waals surface area contributed by atoms with Crippen molar-refractivity contribution in [1.82, 2.24) is 15.1 Å². The summed E-state index contributed by atoms with van der Waals surface area (Å²) in [5, 5.41) is 12.6. The number of benzene rings is 1. The average molecular weight is 482 g/mol. The van der Waals surface area contributed by atoms with Gasteiger partial charge in [0.25, 0.3) is 5.91 Å². The Balaban J connectivity index is 1.42. The summed E-state index contributed by atoms with van der Waals surface area (Å²) in [6, 6.07) is 11.8. The molecule has 2 aromatic heterocycles. The fourth-order valence-corrected chi connectivity index (χ4v) is 5.06. The second-order valence-corrected chi connectivity index (χ2v) is 8.69. The third-order valence-electron chi connectivity index (χ3n) is 4.09. The van der Waals surface area contributed by atoms with E-state index < -0.39 is 0 Å². The van der Waals surface area contributed by atoms with Crippen LogP contribution in [0.2, 0.25) is 0 Å². The van der Waals surface area contributed by atoms with Crippen LogP contribution in [0.4, 0.5) is 5.13 Å². The van der Waals surface area contributed by atoms with Crippen molar-refractivity contribution in [2.75, 3.05) is 31.1 Å². The van der Waals surface area contributed by atoms with Gasteiger partial charge in [0.05, 0.1) is 10.4 Å². The lowest BCUT2D eigenvalue weighted by atomic mass is 10.2. The van der Waals surface area contributed by atoms with Crippen molar-refractivity contribution >= 4 is 56.3 Å². The number of amides is 1. The van der Waals surface area contributed by atoms with Crippen molar-refractivity contribution < 1.29 is 4.79 Å². The lowest BCUT2D eigenvalue weighted by molar-refractivity contribution is 0.0745. The zero-order valence-electron chi connectivity index (χ0n) is 13.3. The highest BCUT2D eigenvalue weighted by atomic mass is 127. The lowest BCUT2D eigenvalue weighted by Gasteiger charge is -2.34. The molecular weight excluding hydrogens is 467 g/mol. The van der Waals surface area contributed by atoms with Crippen LogP contribution < -0.4 is 4.90 Å². The van der Waals surface area contributed by atoms with E-state index in [9.17, 15) is 4.79 Å². The summed E-state index contributed by atoms with van der Waals surface area (Å²) in [5.74, 6) is 0.112. The van der Waals surface area contributed by atoms with Crippen molar-refractivity contribution in [1.29, 1.82) is 0 Å². The zero-order chi connectivity index (χ0) is 17.2. The average Bonchev–Trinajstić information content (AvgIpc) is 3.33. The number of hydrogen-bond donors (Lipinski definition) is 0. The third kappa shape index (κ3) is 3.56. The number of anilines is 1. The Bertz CT molecular complexity index is 872. The van der Waals surface area contributed by atoms with Gasteiger partial charge >= 0.3 is 0 Å². The van der Waals surface area contributed by atoms with E-state index in [2.05, 4.69) is 43.8 Å². The Morgan fingerprint density at radius 1 is 1.04 bits per heavy atom. The molecule has 0 N–H and O–H groups in total. The van der Waals surface area contributed by atoms with Crippen molar-refractivity contribution in [3.05, 3.63) is 50.9 Å². The van der Waals surface area contributed by atoms with E-state index >= 15 is 0 Å². The lowest BCUT2D eigenvalue weighted by Crippen LogP contribution is -2.49. The first-order chi connectivity index (χ1) is 12.2. The highest BCUT2D eigenvalue weighted by Crippen LogP contribution is 2.32. The van der Waals surface area contributed by atoms with Gasteiger partial charge in [0.2, 0.25) is 5.13 Å². The van der Waals surface area contributed by atoms with E-state index in [0.717, 1.165) is 37.2 Å². The molecule has 128 valence electrons. The predicted octanol–water partition coefficient (Wildman–Crippen LogP) is 3.83. The summed E-state index contributed by atoms with van der Waals surface area (Å²) in [4.78, 5) is 18.0. The molecule has 0 spiro atoms. The maximum atomic E-state index is 12.7. The second kappa shape index (κ2) is 7.38. The SMILES string of the molecule is O=C(c1ccccc1I)N1CCN(c2nnc(-c3cccs3)s2)CC1. The van der Waals surface area contributed by atoms with Crippen LogP contribution in [0, 0.1) is 3.57 Å². The van der Waals surface area contributed by atoms with Gasteiger partial charge < -0.3 is 9.80 Å². The number of piperazine rings is 1. The second-order valence-electron chi connectivity index (χ2n) is 5.63. The van der Waals surface area contributed by atoms with E-state index in [-0.39, 0.29) is 5.91 Å². The van der Waals surface area contributed by atoms with Crippen LogP contribution >= 0.6 is 45.3 Å². The maximum Gasteiger partial charge on any atom is 0.255 e. The molecule has 0 bridgehead atoms. The van der Waals surface area contributed by atoms with E-state index in [1.165, 1.54) is 0 Å². The van der Waals surface area contributed by atoms with Gasteiger partial charge in [0.1, 0.15) is 0 Å². The first-order valence-electron chi connectivity index (χ1n) is 7.88. The minimum atomic E-state index is 0.112. The van der Waals surface area contributed by atoms with Gasteiger partial charge in [-0.25, -0.2) is 0 Å². The fourth-order valence-electron chi connectivity index (χ4n) is 2.75. The molecule has 0 unspecified atom stereocenters. The van der Waals surface area contributed by atoms with Gasteiger partial charge in [0.15, 0.2) is 5.01 Å². The van der Waals surface area contributed by atoms with Crippen LogP contribution in [0.25, 0.3) is 9.88 Å². The first kappa shape index (κ1) is 16.9. The number of carbonyl (C=O) groups is 1. The summed E-state index contributed by atoms with van der Waals surface area (Å²) in [5.41, 5.74) is 0.785. The standard InChI is InChI=1S/C17H15IN4OS2/c18-13-5-2-1-4-12(13)16(23)21-7-9-22(10-8-21)17-20-19-15(25-17)14-6-3-11-24-14/h1-6,11H,7-10H2. The molecule has 0 atom stereocenters. The van der Waals surface area contributed by atoms with Crippen molar-refractivity contribution in [3.8, 4) is 9.88 Å². The van der Waals surface area contributed by atoms with Gasteiger partial charge in [0, 0.05) is 29.7 Å². The smallest absolute Gasteiger partial charge is 0.255 e. The summed E-state index contributed by atoms with van der Waals surface area (Å²) in [6.45, 7) is 2.98. The molecule has 4 rings (SSSR count). The molecule has 8 heteroatoms. The van der Waals surface area contributed by atoms with Crippen LogP contribution in [0.5, 0.6) is 0 Å². The summed E-state index contributed by atoms with van der Waals surface area (Å²) in [7, 11) is 0. The van der Waals surface area contributed by atoms with Crippen molar-refractivity contribution in [2.45, 2.75) is 0 Å². The predicted molar refractivity (Wildman–Crippen MR) is 110 cm³/mol. The molecule has 1 saturated heterocycles. The molecule has 0 saturated carbocycles. The molecule has 5 nitrogen and oxygen atoms in total. The normalized spacial score (nSPS) is 14.8. The number of halogens is 1. The molecular formula is C17H15IN4OS2. The molecule has 1 aromatic carbocycles. The molecule has 0 radical (unpaired) electrons. The number of thiophene rings is 1. The Labute approximate surface area is 167 Å². The topological polar surface area (TPSA) is 49.3 Å². The van der Waals surface area contributed by atoms with Crippen molar-refractivity contribution in [3.63, 3.8) is 0 Å². The summed E-state index contributed by atoms with van der Waals surface area (Å²) < 4.78 is 0.997. The van der Waals surface area contributed by atoms with E-state index in [0.29, 0.717) is 13.1 Å². The fraction of sp³-hybridized carbons (Fsp3) is 0.235. The quantitative estimate of drug-likeness (QED) is 0.533. The molecule has 1 aliphatic rings. The molecule has 3 heterocycles. The van der Waals surface area contributed by atoms with E-state index in [1.54, 1.807) is 22.7 Å². The molecule has 3 aromatic rings. The number of rotatable bonds is 3. The van der Waals surface area contributed by atoms with E-state index in [4.69, 9.17) is 0 Å².